The van der Waals surface area contributed by atoms with Crippen molar-refractivity contribution in [1.29, 1.82) is 0 Å². The fourth-order valence-corrected chi connectivity index (χ4v) is 3.49. The van der Waals surface area contributed by atoms with Crippen LogP contribution in [0.2, 0.25) is 0 Å². The van der Waals surface area contributed by atoms with Crippen LogP contribution in [0.4, 0.5) is 11.4 Å². The summed E-state index contributed by atoms with van der Waals surface area (Å²) in [6, 6.07) is 14.9. The fourth-order valence-electron chi connectivity index (χ4n) is 3.49. The Morgan fingerprint density at radius 3 is 2.61 bits per heavy atom. The SMILES string of the molecule is CN=C(NCCN1c2ccccc2CC1C)Nc1ccc(OC)c(OC)c1.I. The van der Waals surface area contributed by atoms with Crippen molar-refractivity contribution < 1.29 is 9.47 Å². The number of guanidine groups is 1. The Morgan fingerprint density at radius 2 is 1.89 bits per heavy atom. The van der Waals surface area contributed by atoms with Crippen LogP contribution in [0.25, 0.3) is 0 Å². The molecule has 0 spiro atoms. The number of benzene rings is 2. The van der Waals surface area contributed by atoms with Crippen molar-refractivity contribution in [1.82, 2.24) is 5.32 Å². The highest BCUT2D eigenvalue weighted by Gasteiger charge is 2.24. The third kappa shape index (κ3) is 5.01. The maximum atomic E-state index is 5.35. The number of nitrogens with zero attached hydrogens (tertiary/aromatic N) is 2. The van der Waals surface area contributed by atoms with Crippen LogP contribution in [-0.2, 0) is 6.42 Å². The molecule has 0 amide bonds. The molecule has 1 atom stereocenters. The summed E-state index contributed by atoms with van der Waals surface area (Å²) in [7, 11) is 5.02. The lowest BCUT2D eigenvalue weighted by Gasteiger charge is -2.25. The van der Waals surface area contributed by atoms with E-state index in [0.717, 1.165) is 31.2 Å². The normalized spacial score (nSPS) is 15.5. The van der Waals surface area contributed by atoms with E-state index in [1.54, 1.807) is 21.3 Å². The molecule has 1 aliphatic rings. The van der Waals surface area contributed by atoms with Gasteiger partial charge in [0, 0.05) is 43.6 Å². The number of aliphatic imine (C=N–C) groups is 1. The smallest absolute Gasteiger partial charge is 0.195 e. The molecule has 0 saturated carbocycles. The Balaban J connectivity index is 0.00000280. The Kier molecular flexibility index (Phi) is 8.22. The molecule has 0 fully saturated rings. The third-order valence-corrected chi connectivity index (χ3v) is 4.86. The van der Waals surface area contributed by atoms with Gasteiger partial charge >= 0.3 is 0 Å². The fraction of sp³-hybridized carbons (Fsp3) is 0.381. The van der Waals surface area contributed by atoms with Crippen molar-refractivity contribution in [3.8, 4) is 11.5 Å². The van der Waals surface area contributed by atoms with Crippen LogP contribution in [0, 0.1) is 0 Å². The zero-order valence-electron chi connectivity index (χ0n) is 16.9. The molecule has 2 aromatic rings. The molecule has 152 valence electrons. The highest BCUT2D eigenvalue weighted by atomic mass is 127. The number of para-hydroxylation sites is 1. The summed E-state index contributed by atoms with van der Waals surface area (Å²) < 4.78 is 10.6. The molecule has 1 heterocycles. The minimum atomic E-state index is 0. The number of ether oxygens (including phenoxy) is 2. The molecule has 2 N–H and O–H groups in total. The minimum Gasteiger partial charge on any atom is -0.493 e. The van der Waals surface area contributed by atoms with Crippen LogP contribution >= 0.6 is 24.0 Å². The van der Waals surface area contributed by atoms with Gasteiger partial charge in [0.25, 0.3) is 0 Å². The van der Waals surface area contributed by atoms with Crippen LogP contribution in [0.15, 0.2) is 47.5 Å². The minimum absolute atomic E-state index is 0. The molecule has 1 aliphatic heterocycles. The molecule has 2 aromatic carbocycles. The van der Waals surface area contributed by atoms with Gasteiger partial charge in [0.1, 0.15) is 0 Å². The molecule has 3 rings (SSSR count). The van der Waals surface area contributed by atoms with E-state index >= 15 is 0 Å². The van der Waals surface area contributed by atoms with Crippen LogP contribution in [0.5, 0.6) is 11.5 Å². The Labute approximate surface area is 184 Å². The lowest BCUT2D eigenvalue weighted by atomic mass is 10.1. The Hall–Kier alpha value is -2.16. The third-order valence-electron chi connectivity index (χ3n) is 4.86. The van der Waals surface area contributed by atoms with Crippen molar-refractivity contribution in [3.63, 3.8) is 0 Å². The molecule has 7 heteroatoms. The van der Waals surface area contributed by atoms with Crippen LogP contribution in [-0.4, -0.2) is 46.4 Å². The van der Waals surface area contributed by atoms with E-state index < -0.39 is 0 Å². The van der Waals surface area contributed by atoms with Gasteiger partial charge in [-0.1, -0.05) is 18.2 Å². The topological polar surface area (TPSA) is 58.1 Å². The maximum absolute atomic E-state index is 5.35. The number of halogens is 1. The summed E-state index contributed by atoms with van der Waals surface area (Å²) in [5.41, 5.74) is 3.66. The van der Waals surface area contributed by atoms with E-state index in [9.17, 15) is 0 Å². The molecular formula is C21H29IN4O2. The molecule has 28 heavy (non-hydrogen) atoms. The molecule has 0 aliphatic carbocycles. The summed E-state index contributed by atoms with van der Waals surface area (Å²) >= 11 is 0. The second-order valence-corrected chi connectivity index (χ2v) is 6.57. The number of methoxy groups -OCH3 is 2. The summed E-state index contributed by atoms with van der Waals surface area (Å²) in [6.07, 6.45) is 1.11. The lowest BCUT2D eigenvalue weighted by Crippen LogP contribution is -2.40. The number of anilines is 2. The Morgan fingerprint density at radius 1 is 1.14 bits per heavy atom. The first kappa shape index (κ1) is 22.1. The average molecular weight is 496 g/mol. The average Bonchev–Trinajstić information content (AvgIpc) is 3.02. The quantitative estimate of drug-likeness (QED) is 0.363. The molecule has 1 unspecified atom stereocenters. The van der Waals surface area contributed by atoms with Gasteiger partial charge in [-0.15, -0.1) is 24.0 Å². The monoisotopic (exact) mass is 496 g/mol. The summed E-state index contributed by atoms with van der Waals surface area (Å²) in [4.78, 5) is 6.76. The van der Waals surface area contributed by atoms with Gasteiger partial charge in [-0.05, 0) is 37.1 Å². The summed E-state index contributed by atoms with van der Waals surface area (Å²) in [5.74, 6) is 2.11. The zero-order valence-corrected chi connectivity index (χ0v) is 19.2. The second-order valence-electron chi connectivity index (χ2n) is 6.57. The zero-order chi connectivity index (χ0) is 19.2. The number of nitrogens with one attached hydrogen (secondary N) is 2. The van der Waals surface area contributed by atoms with Crippen molar-refractivity contribution in [2.24, 2.45) is 4.99 Å². The number of hydrogen-bond donors (Lipinski definition) is 2. The van der Waals surface area contributed by atoms with E-state index in [4.69, 9.17) is 9.47 Å². The highest BCUT2D eigenvalue weighted by Crippen LogP contribution is 2.31. The van der Waals surface area contributed by atoms with Crippen LogP contribution in [0.3, 0.4) is 0 Å². The standard InChI is InChI=1S/C21H28N4O2.HI/c1-15-13-16-7-5-6-8-18(16)25(15)12-11-23-21(22-2)24-17-9-10-19(26-3)20(14-17)27-4;/h5-10,14-15H,11-13H2,1-4H3,(H2,22,23,24);1H. The lowest BCUT2D eigenvalue weighted by molar-refractivity contribution is 0.355. The number of fused-ring (bicyclic) bond motifs is 1. The molecule has 0 saturated heterocycles. The summed E-state index contributed by atoms with van der Waals surface area (Å²) in [6.45, 7) is 3.99. The van der Waals surface area contributed by atoms with Crippen molar-refractivity contribution >= 4 is 41.3 Å². The van der Waals surface area contributed by atoms with Gasteiger partial charge in [0.05, 0.1) is 14.2 Å². The van der Waals surface area contributed by atoms with Gasteiger partial charge in [-0.3, -0.25) is 4.99 Å². The summed E-state index contributed by atoms with van der Waals surface area (Å²) in [5, 5.41) is 6.68. The largest absolute Gasteiger partial charge is 0.493 e. The van der Waals surface area contributed by atoms with E-state index in [2.05, 4.69) is 51.7 Å². The van der Waals surface area contributed by atoms with Crippen LogP contribution in [0.1, 0.15) is 12.5 Å². The Bertz CT molecular complexity index is 813. The van der Waals surface area contributed by atoms with E-state index in [1.807, 2.05) is 18.2 Å². The predicted molar refractivity (Wildman–Crippen MR) is 127 cm³/mol. The number of hydrogen-bond acceptors (Lipinski definition) is 4. The second kappa shape index (κ2) is 10.4. The van der Waals surface area contributed by atoms with Crippen molar-refractivity contribution in [3.05, 3.63) is 48.0 Å². The van der Waals surface area contributed by atoms with Gasteiger partial charge in [-0.2, -0.15) is 0 Å². The van der Waals surface area contributed by atoms with Crippen molar-refractivity contribution in [2.75, 3.05) is 44.6 Å². The van der Waals surface area contributed by atoms with E-state index in [1.165, 1.54) is 11.3 Å². The van der Waals surface area contributed by atoms with Crippen molar-refractivity contribution in [2.45, 2.75) is 19.4 Å². The molecule has 0 aromatic heterocycles. The van der Waals surface area contributed by atoms with Gasteiger partial charge in [0.15, 0.2) is 17.5 Å². The van der Waals surface area contributed by atoms with E-state index in [-0.39, 0.29) is 24.0 Å². The highest BCUT2D eigenvalue weighted by molar-refractivity contribution is 14.0. The molecule has 6 nitrogen and oxygen atoms in total. The van der Waals surface area contributed by atoms with E-state index in [0.29, 0.717) is 17.5 Å². The van der Waals surface area contributed by atoms with Gasteiger partial charge in [0.2, 0.25) is 0 Å². The van der Waals surface area contributed by atoms with Gasteiger partial charge < -0.3 is 25.0 Å². The van der Waals surface area contributed by atoms with Gasteiger partial charge in [-0.25, -0.2) is 0 Å². The maximum Gasteiger partial charge on any atom is 0.195 e. The molecular weight excluding hydrogens is 467 g/mol. The molecule has 0 bridgehead atoms. The molecule has 0 radical (unpaired) electrons. The number of rotatable bonds is 6. The van der Waals surface area contributed by atoms with Crippen LogP contribution < -0.4 is 25.0 Å². The first-order chi connectivity index (χ1) is 13.2. The predicted octanol–water partition coefficient (Wildman–Crippen LogP) is 3.76. The first-order valence-electron chi connectivity index (χ1n) is 9.20. The first-order valence-corrected chi connectivity index (χ1v) is 9.20.